The van der Waals surface area contributed by atoms with Gasteiger partial charge in [0.1, 0.15) is 5.75 Å². The summed E-state index contributed by atoms with van der Waals surface area (Å²) in [6.45, 7) is 2.75. The van der Waals surface area contributed by atoms with E-state index in [0.717, 1.165) is 37.2 Å². The molecule has 0 saturated carbocycles. The van der Waals surface area contributed by atoms with Crippen LogP contribution in [0, 0.1) is 5.92 Å². The topological polar surface area (TPSA) is 76.6 Å². The number of hydrogen-bond acceptors (Lipinski definition) is 6. The van der Waals surface area contributed by atoms with Crippen LogP contribution in [-0.2, 0) is 9.53 Å². The van der Waals surface area contributed by atoms with Gasteiger partial charge in [-0.25, -0.2) is 9.97 Å². The molecule has 0 unspecified atom stereocenters. The highest BCUT2D eigenvalue weighted by molar-refractivity contribution is 5.93. The van der Waals surface area contributed by atoms with Gasteiger partial charge in [-0.1, -0.05) is 6.07 Å². The molecular weight excluding hydrogens is 344 g/mol. The molecule has 1 aliphatic rings. The smallest absolute Gasteiger partial charge is 0.229 e. The second kappa shape index (κ2) is 9.87. The number of hydrogen-bond donors (Lipinski definition) is 1. The van der Waals surface area contributed by atoms with Gasteiger partial charge in [0.05, 0.1) is 12.5 Å². The third kappa shape index (κ3) is 5.65. The van der Waals surface area contributed by atoms with Gasteiger partial charge in [-0.3, -0.25) is 4.79 Å². The van der Waals surface area contributed by atoms with Crippen LogP contribution >= 0.6 is 0 Å². The molecule has 0 bridgehead atoms. The average molecular weight is 370 g/mol. The molecule has 1 aliphatic heterocycles. The molecule has 7 nitrogen and oxygen atoms in total. The molecule has 27 heavy (non-hydrogen) atoms. The van der Waals surface area contributed by atoms with E-state index in [4.69, 9.17) is 9.47 Å². The molecular formula is C20H26N4O3. The van der Waals surface area contributed by atoms with E-state index < -0.39 is 0 Å². The maximum atomic E-state index is 12.7. The van der Waals surface area contributed by atoms with Crippen molar-refractivity contribution in [1.82, 2.24) is 9.97 Å². The van der Waals surface area contributed by atoms with Gasteiger partial charge in [-0.2, -0.15) is 0 Å². The van der Waals surface area contributed by atoms with Crippen LogP contribution < -0.4 is 15.0 Å². The number of carbonyl (C=O) groups excluding carboxylic acids is 1. The fourth-order valence-corrected chi connectivity index (χ4v) is 3.13. The Morgan fingerprint density at radius 2 is 2.11 bits per heavy atom. The Balaban J connectivity index is 1.55. The summed E-state index contributed by atoms with van der Waals surface area (Å²) in [6.07, 6.45) is 6.09. The Morgan fingerprint density at radius 1 is 1.26 bits per heavy atom. The van der Waals surface area contributed by atoms with Crippen molar-refractivity contribution in [2.45, 2.75) is 19.3 Å². The number of amides is 1. The first-order valence-corrected chi connectivity index (χ1v) is 9.31. The van der Waals surface area contributed by atoms with Gasteiger partial charge in [0.15, 0.2) is 0 Å². The third-order valence-electron chi connectivity index (χ3n) is 4.49. The molecule has 1 amide bonds. The molecule has 7 heteroatoms. The standard InChI is InChI=1S/C20H26N4O3/c1-26-12-5-13-27-18-8-2-7-17(14-18)23-19(25)16-6-3-11-24(15-16)20-21-9-4-10-22-20/h2,4,7-10,14,16H,3,5-6,11-13,15H2,1H3,(H,23,25)/t16-/m0/s1. The number of nitrogens with zero attached hydrogens (tertiary/aromatic N) is 3. The minimum Gasteiger partial charge on any atom is -0.493 e. The Morgan fingerprint density at radius 3 is 2.93 bits per heavy atom. The van der Waals surface area contributed by atoms with Crippen LogP contribution in [-0.4, -0.2) is 49.3 Å². The van der Waals surface area contributed by atoms with E-state index in [2.05, 4.69) is 20.2 Å². The third-order valence-corrected chi connectivity index (χ3v) is 4.49. The van der Waals surface area contributed by atoms with Crippen LogP contribution in [0.5, 0.6) is 5.75 Å². The predicted octanol–water partition coefficient (Wildman–Crippen LogP) is 2.75. The number of rotatable bonds is 8. The van der Waals surface area contributed by atoms with Crippen LogP contribution in [0.2, 0.25) is 0 Å². The van der Waals surface area contributed by atoms with Crippen LogP contribution in [0.3, 0.4) is 0 Å². The lowest BCUT2D eigenvalue weighted by Gasteiger charge is -2.31. The van der Waals surface area contributed by atoms with Crippen molar-refractivity contribution in [1.29, 1.82) is 0 Å². The molecule has 0 radical (unpaired) electrons. The van der Waals surface area contributed by atoms with Gasteiger partial charge in [0.2, 0.25) is 11.9 Å². The highest BCUT2D eigenvalue weighted by Gasteiger charge is 2.27. The second-order valence-electron chi connectivity index (χ2n) is 6.55. The summed E-state index contributed by atoms with van der Waals surface area (Å²) in [6, 6.07) is 9.29. The fraction of sp³-hybridized carbons (Fsp3) is 0.450. The molecule has 144 valence electrons. The van der Waals surface area contributed by atoms with Crippen molar-refractivity contribution in [2.75, 3.05) is 43.6 Å². The van der Waals surface area contributed by atoms with E-state index in [-0.39, 0.29) is 11.8 Å². The minimum absolute atomic E-state index is 0.0205. The Kier molecular flexibility index (Phi) is 6.98. The van der Waals surface area contributed by atoms with Gasteiger partial charge in [0, 0.05) is 57.4 Å². The number of carbonyl (C=O) groups is 1. The first-order valence-electron chi connectivity index (χ1n) is 9.31. The molecule has 2 aromatic rings. The summed E-state index contributed by atoms with van der Waals surface area (Å²) < 4.78 is 10.7. The minimum atomic E-state index is -0.0890. The summed E-state index contributed by atoms with van der Waals surface area (Å²) in [7, 11) is 1.67. The zero-order valence-electron chi connectivity index (χ0n) is 15.6. The number of piperidine rings is 1. The molecule has 1 aromatic heterocycles. The van der Waals surface area contributed by atoms with Crippen LogP contribution in [0.1, 0.15) is 19.3 Å². The first kappa shape index (κ1) is 19.1. The number of benzene rings is 1. The zero-order valence-corrected chi connectivity index (χ0v) is 15.6. The number of nitrogens with one attached hydrogen (secondary N) is 1. The predicted molar refractivity (Wildman–Crippen MR) is 104 cm³/mol. The highest BCUT2D eigenvalue weighted by Crippen LogP contribution is 2.23. The molecule has 0 aliphatic carbocycles. The normalized spacial score (nSPS) is 16.8. The highest BCUT2D eigenvalue weighted by atomic mass is 16.5. The molecule has 2 heterocycles. The Labute approximate surface area is 159 Å². The fourth-order valence-electron chi connectivity index (χ4n) is 3.13. The lowest BCUT2D eigenvalue weighted by atomic mass is 9.97. The van der Waals surface area contributed by atoms with Gasteiger partial charge in [-0.05, 0) is 31.0 Å². The van der Waals surface area contributed by atoms with Crippen molar-refractivity contribution >= 4 is 17.5 Å². The largest absolute Gasteiger partial charge is 0.493 e. The second-order valence-corrected chi connectivity index (χ2v) is 6.55. The van der Waals surface area contributed by atoms with Crippen molar-refractivity contribution in [3.8, 4) is 5.75 Å². The molecule has 1 atom stereocenters. The summed E-state index contributed by atoms with van der Waals surface area (Å²) >= 11 is 0. The van der Waals surface area contributed by atoms with E-state index in [0.29, 0.717) is 25.7 Å². The van der Waals surface area contributed by atoms with Crippen molar-refractivity contribution in [3.63, 3.8) is 0 Å². The number of ether oxygens (including phenoxy) is 2. The Hall–Kier alpha value is -2.67. The van der Waals surface area contributed by atoms with E-state index in [9.17, 15) is 4.79 Å². The van der Waals surface area contributed by atoms with E-state index in [1.807, 2.05) is 24.3 Å². The number of anilines is 2. The van der Waals surface area contributed by atoms with Crippen LogP contribution in [0.25, 0.3) is 0 Å². The maximum absolute atomic E-state index is 12.7. The number of aromatic nitrogens is 2. The summed E-state index contributed by atoms with van der Waals surface area (Å²) in [4.78, 5) is 23.4. The number of methoxy groups -OCH3 is 1. The SMILES string of the molecule is COCCCOc1cccc(NC(=O)[C@H]2CCCN(c3ncccn3)C2)c1. The van der Waals surface area contributed by atoms with E-state index >= 15 is 0 Å². The van der Waals surface area contributed by atoms with Crippen LogP contribution in [0.4, 0.5) is 11.6 Å². The van der Waals surface area contributed by atoms with Gasteiger partial charge < -0.3 is 19.7 Å². The molecule has 1 fully saturated rings. The summed E-state index contributed by atoms with van der Waals surface area (Å²) in [5, 5.41) is 3.01. The van der Waals surface area contributed by atoms with Crippen molar-refractivity contribution < 1.29 is 14.3 Å². The molecule has 1 saturated heterocycles. The lowest BCUT2D eigenvalue weighted by molar-refractivity contribution is -0.120. The lowest BCUT2D eigenvalue weighted by Crippen LogP contribution is -2.41. The Bertz CT molecular complexity index is 726. The van der Waals surface area contributed by atoms with Gasteiger partial charge in [0.25, 0.3) is 0 Å². The maximum Gasteiger partial charge on any atom is 0.229 e. The monoisotopic (exact) mass is 370 g/mol. The molecule has 1 aromatic carbocycles. The molecule has 3 rings (SSSR count). The quantitative estimate of drug-likeness (QED) is 0.720. The first-order chi connectivity index (χ1) is 13.3. The molecule has 1 N–H and O–H groups in total. The van der Waals surface area contributed by atoms with Crippen molar-refractivity contribution in [3.05, 3.63) is 42.7 Å². The summed E-state index contributed by atoms with van der Waals surface area (Å²) in [5.74, 6) is 1.36. The zero-order chi connectivity index (χ0) is 18.9. The van der Waals surface area contributed by atoms with E-state index in [1.165, 1.54) is 0 Å². The van der Waals surface area contributed by atoms with E-state index in [1.54, 1.807) is 25.6 Å². The molecule has 0 spiro atoms. The van der Waals surface area contributed by atoms with Gasteiger partial charge >= 0.3 is 0 Å². The van der Waals surface area contributed by atoms with Crippen LogP contribution in [0.15, 0.2) is 42.7 Å². The average Bonchev–Trinajstić information content (AvgIpc) is 2.72. The van der Waals surface area contributed by atoms with Crippen molar-refractivity contribution in [2.24, 2.45) is 5.92 Å². The summed E-state index contributed by atoms with van der Waals surface area (Å²) in [5.41, 5.74) is 0.748. The van der Waals surface area contributed by atoms with Gasteiger partial charge in [-0.15, -0.1) is 0 Å².